The van der Waals surface area contributed by atoms with Gasteiger partial charge in [0, 0.05) is 24.7 Å². The predicted octanol–water partition coefficient (Wildman–Crippen LogP) is 3.41. The molecule has 1 unspecified atom stereocenters. The van der Waals surface area contributed by atoms with Gasteiger partial charge in [-0.1, -0.05) is 24.3 Å². The van der Waals surface area contributed by atoms with Crippen LogP contribution in [0.2, 0.25) is 0 Å². The highest BCUT2D eigenvalue weighted by Gasteiger charge is 2.20. The van der Waals surface area contributed by atoms with Crippen LogP contribution >= 0.6 is 0 Å². The third-order valence-electron chi connectivity index (χ3n) is 4.49. The maximum Gasteiger partial charge on any atom is 0.252 e. The van der Waals surface area contributed by atoms with Gasteiger partial charge in [0.2, 0.25) is 0 Å². The standard InChI is InChI=1S/C22H20N2O4/c25-17-5-3-4-15(12-17)19-9-8-16(13-24-19)22(26)23-11-10-18-14-27-20-6-1-2-7-21(20)28-18/h1-9,12-13,18,25H,10-11,14H2,(H,23,26). The van der Waals surface area contributed by atoms with E-state index in [-0.39, 0.29) is 17.8 Å². The summed E-state index contributed by atoms with van der Waals surface area (Å²) in [6.07, 6.45) is 2.08. The number of phenolic OH excluding ortho intramolecular Hbond substituents is 1. The van der Waals surface area contributed by atoms with E-state index in [4.69, 9.17) is 9.47 Å². The summed E-state index contributed by atoms with van der Waals surface area (Å²) in [5.74, 6) is 1.47. The minimum absolute atomic E-state index is 0.0959. The molecular weight excluding hydrogens is 356 g/mol. The predicted molar refractivity (Wildman–Crippen MR) is 105 cm³/mol. The number of nitrogens with zero attached hydrogens (tertiary/aromatic N) is 1. The van der Waals surface area contributed by atoms with E-state index in [1.54, 1.807) is 30.3 Å². The summed E-state index contributed by atoms with van der Waals surface area (Å²) in [6.45, 7) is 0.941. The fourth-order valence-corrected chi connectivity index (χ4v) is 3.02. The van der Waals surface area contributed by atoms with Gasteiger partial charge in [0.25, 0.3) is 5.91 Å². The first-order valence-electron chi connectivity index (χ1n) is 9.11. The lowest BCUT2D eigenvalue weighted by Gasteiger charge is -2.26. The van der Waals surface area contributed by atoms with Gasteiger partial charge < -0.3 is 19.9 Å². The molecule has 4 rings (SSSR count). The topological polar surface area (TPSA) is 80.7 Å². The largest absolute Gasteiger partial charge is 0.508 e. The molecule has 142 valence electrons. The molecule has 1 aliphatic heterocycles. The van der Waals surface area contributed by atoms with Crippen LogP contribution in [-0.2, 0) is 0 Å². The summed E-state index contributed by atoms with van der Waals surface area (Å²) in [5.41, 5.74) is 1.97. The molecule has 1 aliphatic rings. The van der Waals surface area contributed by atoms with Gasteiger partial charge in [0.05, 0.1) is 11.3 Å². The zero-order chi connectivity index (χ0) is 19.3. The van der Waals surface area contributed by atoms with Crippen LogP contribution in [-0.4, -0.2) is 35.3 Å². The van der Waals surface area contributed by atoms with E-state index in [0.717, 1.165) is 17.1 Å². The van der Waals surface area contributed by atoms with Gasteiger partial charge in [-0.3, -0.25) is 9.78 Å². The number of pyridine rings is 1. The summed E-state index contributed by atoms with van der Waals surface area (Å²) in [7, 11) is 0. The summed E-state index contributed by atoms with van der Waals surface area (Å²) < 4.78 is 11.6. The first-order chi connectivity index (χ1) is 13.7. The Labute approximate surface area is 162 Å². The van der Waals surface area contributed by atoms with E-state index in [1.165, 1.54) is 6.20 Å². The fraction of sp³-hybridized carbons (Fsp3) is 0.182. The number of nitrogens with one attached hydrogen (secondary N) is 1. The lowest BCUT2D eigenvalue weighted by Crippen LogP contribution is -2.34. The molecule has 3 aromatic rings. The molecule has 0 spiro atoms. The first-order valence-corrected chi connectivity index (χ1v) is 9.11. The maximum absolute atomic E-state index is 12.3. The number of hydrogen-bond acceptors (Lipinski definition) is 5. The van der Waals surface area contributed by atoms with Gasteiger partial charge in [0.1, 0.15) is 18.5 Å². The number of phenols is 1. The van der Waals surface area contributed by atoms with Gasteiger partial charge in [-0.05, 0) is 36.4 Å². The molecule has 1 atom stereocenters. The fourth-order valence-electron chi connectivity index (χ4n) is 3.02. The Balaban J connectivity index is 1.30. The number of aromatic hydroxyl groups is 1. The molecule has 0 aliphatic carbocycles. The molecule has 2 N–H and O–H groups in total. The lowest BCUT2D eigenvalue weighted by molar-refractivity contribution is 0.0812. The molecule has 1 aromatic heterocycles. The van der Waals surface area contributed by atoms with Crippen molar-refractivity contribution in [3.63, 3.8) is 0 Å². The Bertz CT molecular complexity index is 972. The highest BCUT2D eigenvalue weighted by molar-refractivity contribution is 5.94. The number of hydrogen-bond donors (Lipinski definition) is 2. The van der Waals surface area contributed by atoms with Gasteiger partial charge in [-0.2, -0.15) is 0 Å². The number of amides is 1. The van der Waals surface area contributed by atoms with E-state index in [2.05, 4.69) is 10.3 Å². The third-order valence-corrected chi connectivity index (χ3v) is 4.49. The highest BCUT2D eigenvalue weighted by atomic mass is 16.6. The van der Waals surface area contributed by atoms with Crippen molar-refractivity contribution in [2.45, 2.75) is 12.5 Å². The van der Waals surface area contributed by atoms with Crippen molar-refractivity contribution in [1.82, 2.24) is 10.3 Å². The van der Waals surface area contributed by atoms with Crippen LogP contribution in [0.1, 0.15) is 16.8 Å². The van der Waals surface area contributed by atoms with Crippen LogP contribution < -0.4 is 14.8 Å². The van der Waals surface area contributed by atoms with Crippen LogP contribution in [0.3, 0.4) is 0 Å². The van der Waals surface area contributed by atoms with Gasteiger partial charge in [-0.25, -0.2) is 0 Å². The average molecular weight is 376 g/mol. The lowest BCUT2D eigenvalue weighted by atomic mass is 10.1. The van der Waals surface area contributed by atoms with Crippen LogP contribution in [0, 0.1) is 0 Å². The molecule has 1 amide bonds. The van der Waals surface area contributed by atoms with Gasteiger partial charge in [0.15, 0.2) is 11.5 Å². The Hall–Kier alpha value is -3.54. The molecule has 2 heterocycles. The Kier molecular flexibility index (Phi) is 5.10. The molecular formula is C22H20N2O4. The molecule has 28 heavy (non-hydrogen) atoms. The van der Waals surface area contributed by atoms with Crippen molar-refractivity contribution in [3.05, 3.63) is 72.4 Å². The Morgan fingerprint density at radius 1 is 1.11 bits per heavy atom. The van der Waals surface area contributed by atoms with Crippen LogP contribution in [0.25, 0.3) is 11.3 Å². The molecule has 2 aromatic carbocycles. The van der Waals surface area contributed by atoms with Gasteiger partial charge >= 0.3 is 0 Å². The number of rotatable bonds is 5. The summed E-state index contributed by atoms with van der Waals surface area (Å²) in [4.78, 5) is 16.6. The molecule has 0 saturated heterocycles. The second kappa shape index (κ2) is 8.00. The van der Waals surface area contributed by atoms with Crippen LogP contribution in [0.15, 0.2) is 66.9 Å². The Morgan fingerprint density at radius 2 is 1.96 bits per heavy atom. The number of carbonyl (C=O) groups is 1. The quantitative estimate of drug-likeness (QED) is 0.713. The normalized spacial score (nSPS) is 15.1. The van der Waals surface area contributed by atoms with Crippen molar-refractivity contribution < 1.29 is 19.4 Å². The Morgan fingerprint density at radius 3 is 2.75 bits per heavy atom. The SMILES string of the molecule is O=C(NCCC1COc2ccccc2O1)c1ccc(-c2cccc(O)c2)nc1. The van der Waals surface area contributed by atoms with E-state index in [1.807, 2.05) is 30.3 Å². The summed E-state index contributed by atoms with van der Waals surface area (Å²) in [5, 5.41) is 12.4. The van der Waals surface area contributed by atoms with Crippen LogP contribution in [0.4, 0.5) is 0 Å². The molecule has 0 fully saturated rings. The molecule has 0 bridgehead atoms. The number of carbonyl (C=O) groups excluding carboxylic acids is 1. The second-order valence-electron chi connectivity index (χ2n) is 6.52. The number of fused-ring (bicyclic) bond motifs is 1. The number of benzene rings is 2. The summed E-state index contributed by atoms with van der Waals surface area (Å²) in [6, 6.07) is 17.9. The van der Waals surface area contributed by atoms with Gasteiger partial charge in [-0.15, -0.1) is 0 Å². The summed E-state index contributed by atoms with van der Waals surface area (Å²) >= 11 is 0. The third kappa shape index (κ3) is 4.06. The molecule has 0 radical (unpaired) electrons. The van der Waals surface area contributed by atoms with Crippen molar-refractivity contribution in [2.75, 3.05) is 13.2 Å². The van der Waals surface area contributed by atoms with Crippen molar-refractivity contribution in [2.24, 2.45) is 0 Å². The monoisotopic (exact) mass is 376 g/mol. The highest BCUT2D eigenvalue weighted by Crippen LogP contribution is 2.31. The smallest absolute Gasteiger partial charge is 0.252 e. The molecule has 0 saturated carbocycles. The van der Waals surface area contributed by atoms with Crippen LogP contribution in [0.5, 0.6) is 17.2 Å². The molecule has 6 heteroatoms. The van der Waals surface area contributed by atoms with E-state index >= 15 is 0 Å². The average Bonchev–Trinajstić information content (AvgIpc) is 2.74. The maximum atomic E-state index is 12.3. The van der Waals surface area contributed by atoms with E-state index in [9.17, 15) is 9.90 Å². The first kappa shape index (κ1) is 17.9. The minimum Gasteiger partial charge on any atom is -0.508 e. The number of ether oxygens (including phenoxy) is 2. The second-order valence-corrected chi connectivity index (χ2v) is 6.52. The molecule has 6 nitrogen and oxygen atoms in total. The van der Waals surface area contributed by atoms with Crippen molar-refractivity contribution >= 4 is 5.91 Å². The minimum atomic E-state index is -0.188. The van der Waals surface area contributed by atoms with Crippen molar-refractivity contribution in [3.8, 4) is 28.5 Å². The number of para-hydroxylation sites is 2. The zero-order valence-electron chi connectivity index (χ0n) is 15.2. The van der Waals surface area contributed by atoms with Crippen molar-refractivity contribution in [1.29, 1.82) is 0 Å². The van der Waals surface area contributed by atoms with E-state index in [0.29, 0.717) is 30.8 Å². The number of aromatic nitrogens is 1. The zero-order valence-corrected chi connectivity index (χ0v) is 15.2. The van der Waals surface area contributed by atoms with E-state index < -0.39 is 0 Å².